The highest BCUT2D eigenvalue weighted by molar-refractivity contribution is 5.94. The van der Waals surface area contributed by atoms with Crippen molar-refractivity contribution in [3.63, 3.8) is 0 Å². The van der Waals surface area contributed by atoms with Crippen LogP contribution in [0.3, 0.4) is 0 Å². The molecule has 18 heavy (non-hydrogen) atoms. The predicted octanol–water partition coefficient (Wildman–Crippen LogP) is 1.82. The molecule has 0 radical (unpaired) electrons. The fourth-order valence-corrected chi connectivity index (χ4v) is 2.58. The fraction of sp³-hybridized carbons (Fsp3) is 0.571. The molecule has 4 heteroatoms. The van der Waals surface area contributed by atoms with E-state index in [4.69, 9.17) is 0 Å². The minimum absolute atomic E-state index is 0.166. The van der Waals surface area contributed by atoms with Gasteiger partial charge < -0.3 is 10.2 Å². The van der Waals surface area contributed by atoms with Gasteiger partial charge >= 0.3 is 0 Å². The third-order valence-corrected chi connectivity index (χ3v) is 3.85. The molecule has 0 saturated heterocycles. The van der Waals surface area contributed by atoms with Gasteiger partial charge in [-0.2, -0.15) is 0 Å². The highest BCUT2D eigenvalue weighted by Crippen LogP contribution is 2.27. The maximum absolute atomic E-state index is 12.4. The molecule has 1 aromatic heterocycles. The predicted molar refractivity (Wildman–Crippen MR) is 72.5 cm³/mol. The van der Waals surface area contributed by atoms with Crippen LogP contribution in [-0.4, -0.2) is 31.0 Å². The number of aromatic nitrogens is 1. The van der Waals surface area contributed by atoms with Crippen molar-refractivity contribution in [2.24, 2.45) is 5.92 Å². The van der Waals surface area contributed by atoms with Crippen LogP contribution in [0.4, 0.5) is 5.69 Å². The second-order valence-electron chi connectivity index (χ2n) is 4.95. The molecule has 1 amide bonds. The van der Waals surface area contributed by atoms with Crippen LogP contribution in [0, 0.1) is 5.92 Å². The van der Waals surface area contributed by atoms with Gasteiger partial charge in [0.1, 0.15) is 0 Å². The van der Waals surface area contributed by atoms with Gasteiger partial charge in [-0.25, -0.2) is 0 Å². The molecule has 4 nitrogen and oxygen atoms in total. The fourth-order valence-electron chi connectivity index (χ4n) is 2.58. The standard InChI is InChI=1S/C14H21N3O/c1-15-12-7-5-11(6-8-12)14(18)17(2)13-4-3-9-16-10-13/h3-4,9-12,15H,5-8H2,1-2H3. The molecule has 1 heterocycles. The number of nitrogens with zero attached hydrogens (tertiary/aromatic N) is 2. The molecule has 1 N–H and O–H groups in total. The van der Waals surface area contributed by atoms with E-state index in [0.29, 0.717) is 6.04 Å². The topological polar surface area (TPSA) is 45.2 Å². The Labute approximate surface area is 108 Å². The first-order valence-electron chi connectivity index (χ1n) is 6.57. The molecule has 2 rings (SSSR count). The van der Waals surface area contributed by atoms with Gasteiger partial charge in [0.25, 0.3) is 0 Å². The summed E-state index contributed by atoms with van der Waals surface area (Å²) in [6, 6.07) is 4.36. The van der Waals surface area contributed by atoms with Crippen LogP contribution in [0.2, 0.25) is 0 Å². The Bertz CT molecular complexity index is 385. The molecular formula is C14H21N3O. The lowest BCUT2D eigenvalue weighted by Crippen LogP contribution is -2.38. The number of rotatable bonds is 3. The molecule has 0 atom stereocenters. The van der Waals surface area contributed by atoms with Crippen molar-refractivity contribution < 1.29 is 4.79 Å². The molecule has 1 saturated carbocycles. The van der Waals surface area contributed by atoms with E-state index in [9.17, 15) is 4.79 Å². The average Bonchev–Trinajstić information content (AvgIpc) is 2.47. The van der Waals surface area contributed by atoms with Crippen molar-refractivity contribution >= 4 is 11.6 Å². The Kier molecular flexibility index (Phi) is 4.31. The summed E-state index contributed by atoms with van der Waals surface area (Å²) in [7, 11) is 3.83. The van der Waals surface area contributed by atoms with Gasteiger partial charge in [0.2, 0.25) is 5.91 Å². The van der Waals surface area contributed by atoms with Crippen molar-refractivity contribution in [1.29, 1.82) is 0 Å². The summed E-state index contributed by atoms with van der Waals surface area (Å²) in [4.78, 5) is 18.2. The number of hydrogen-bond acceptors (Lipinski definition) is 3. The van der Waals surface area contributed by atoms with E-state index in [0.717, 1.165) is 31.4 Å². The number of anilines is 1. The highest BCUT2D eigenvalue weighted by Gasteiger charge is 2.28. The zero-order chi connectivity index (χ0) is 13.0. The van der Waals surface area contributed by atoms with Crippen LogP contribution in [0.5, 0.6) is 0 Å². The Balaban J connectivity index is 1.96. The van der Waals surface area contributed by atoms with Crippen LogP contribution in [0.15, 0.2) is 24.5 Å². The Morgan fingerprint density at radius 2 is 2.11 bits per heavy atom. The lowest BCUT2D eigenvalue weighted by molar-refractivity contribution is -0.123. The molecule has 1 aliphatic rings. The number of pyridine rings is 1. The smallest absolute Gasteiger partial charge is 0.229 e. The quantitative estimate of drug-likeness (QED) is 0.886. The largest absolute Gasteiger partial charge is 0.317 e. The Morgan fingerprint density at radius 3 is 2.67 bits per heavy atom. The van der Waals surface area contributed by atoms with Crippen LogP contribution in [0.1, 0.15) is 25.7 Å². The second-order valence-corrected chi connectivity index (χ2v) is 4.95. The molecule has 98 valence electrons. The SMILES string of the molecule is CNC1CCC(C(=O)N(C)c2cccnc2)CC1. The third-order valence-electron chi connectivity index (χ3n) is 3.85. The van der Waals surface area contributed by atoms with Gasteiger partial charge in [-0.05, 0) is 44.9 Å². The molecular weight excluding hydrogens is 226 g/mol. The molecule has 1 fully saturated rings. The monoisotopic (exact) mass is 247 g/mol. The zero-order valence-corrected chi connectivity index (χ0v) is 11.1. The molecule has 0 aromatic carbocycles. The lowest BCUT2D eigenvalue weighted by atomic mass is 9.85. The summed E-state index contributed by atoms with van der Waals surface area (Å²) in [6.45, 7) is 0. The van der Waals surface area contributed by atoms with Gasteiger partial charge in [-0.1, -0.05) is 0 Å². The van der Waals surface area contributed by atoms with Gasteiger partial charge in [-0.3, -0.25) is 9.78 Å². The maximum Gasteiger partial charge on any atom is 0.229 e. The normalized spacial score (nSPS) is 23.7. The van der Waals surface area contributed by atoms with Gasteiger partial charge in [0.05, 0.1) is 11.9 Å². The Morgan fingerprint density at radius 1 is 1.39 bits per heavy atom. The van der Waals surface area contributed by atoms with Crippen LogP contribution < -0.4 is 10.2 Å². The lowest BCUT2D eigenvalue weighted by Gasteiger charge is -2.30. The number of carbonyl (C=O) groups is 1. The highest BCUT2D eigenvalue weighted by atomic mass is 16.2. The molecule has 0 spiro atoms. The minimum atomic E-state index is 0.166. The van der Waals surface area contributed by atoms with E-state index in [1.807, 2.05) is 26.2 Å². The minimum Gasteiger partial charge on any atom is -0.317 e. The van der Waals surface area contributed by atoms with Crippen molar-refractivity contribution in [2.75, 3.05) is 19.0 Å². The molecule has 1 aromatic rings. The van der Waals surface area contributed by atoms with Crippen molar-refractivity contribution in [3.8, 4) is 0 Å². The number of nitrogens with one attached hydrogen (secondary N) is 1. The van der Waals surface area contributed by atoms with Crippen molar-refractivity contribution in [1.82, 2.24) is 10.3 Å². The first-order chi connectivity index (χ1) is 8.72. The van der Waals surface area contributed by atoms with Crippen molar-refractivity contribution in [3.05, 3.63) is 24.5 Å². The summed E-state index contributed by atoms with van der Waals surface area (Å²) in [5.74, 6) is 0.386. The first kappa shape index (κ1) is 13.0. The van der Waals surface area contributed by atoms with Crippen LogP contribution in [0.25, 0.3) is 0 Å². The van der Waals surface area contributed by atoms with E-state index in [2.05, 4.69) is 10.3 Å². The maximum atomic E-state index is 12.4. The first-order valence-corrected chi connectivity index (χ1v) is 6.57. The average molecular weight is 247 g/mol. The van der Waals surface area contributed by atoms with E-state index in [1.54, 1.807) is 17.3 Å². The van der Waals surface area contributed by atoms with Crippen LogP contribution in [-0.2, 0) is 4.79 Å². The van der Waals surface area contributed by atoms with Gasteiger partial charge in [0.15, 0.2) is 0 Å². The molecule has 1 aliphatic carbocycles. The third kappa shape index (κ3) is 2.88. The van der Waals surface area contributed by atoms with E-state index in [-0.39, 0.29) is 11.8 Å². The summed E-state index contributed by atoms with van der Waals surface area (Å²) < 4.78 is 0. The van der Waals surface area contributed by atoms with Crippen molar-refractivity contribution in [2.45, 2.75) is 31.7 Å². The van der Waals surface area contributed by atoms with Gasteiger partial charge in [-0.15, -0.1) is 0 Å². The Hall–Kier alpha value is -1.42. The summed E-state index contributed by atoms with van der Waals surface area (Å²) >= 11 is 0. The zero-order valence-electron chi connectivity index (χ0n) is 11.1. The summed E-state index contributed by atoms with van der Waals surface area (Å²) in [5, 5.41) is 3.29. The summed E-state index contributed by atoms with van der Waals surface area (Å²) in [6.07, 6.45) is 7.60. The molecule has 0 aliphatic heterocycles. The summed E-state index contributed by atoms with van der Waals surface area (Å²) in [5.41, 5.74) is 0.873. The van der Waals surface area contributed by atoms with E-state index in [1.165, 1.54) is 0 Å². The molecule has 0 bridgehead atoms. The van der Waals surface area contributed by atoms with Gasteiger partial charge in [0, 0.05) is 25.2 Å². The number of amides is 1. The number of hydrogen-bond donors (Lipinski definition) is 1. The number of carbonyl (C=O) groups excluding carboxylic acids is 1. The second kappa shape index (κ2) is 5.96. The van der Waals surface area contributed by atoms with Crippen LogP contribution >= 0.6 is 0 Å². The van der Waals surface area contributed by atoms with E-state index >= 15 is 0 Å². The molecule has 0 unspecified atom stereocenters. The van der Waals surface area contributed by atoms with E-state index < -0.39 is 0 Å².